The molecule has 0 spiro atoms. The molecule has 7 nitrogen and oxygen atoms in total. The maximum atomic E-state index is 12.9. The number of benzene rings is 1. The Labute approximate surface area is 152 Å². The van der Waals surface area contributed by atoms with Crippen molar-refractivity contribution in [1.82, 2.24) is 18.3 Å². The van der Waals surface area contributed by atoms with Crippen LogP contribution in [-0.4, -0.2) is 26.7 Å². The summed E-state index contributed by atoms with van der Waals surface area (Å²) < 4.78 is 67.2. The van der Waals surface area contributed by atoms with E-state index in [1.165, 1.54) is 17.7 Å². The van der Waals surface area contributed by atoms with Crippen LogP contribution in [0.25, 0.3) is 5.69 Å². The molecule has 0 unspecified atom stereocenters. The van der Waals surface area contributed by atoms with Gasteiger partial charge in [-0.2, -0.15) is 22.2 Å². The summed E-state index contributed by atoms with van der Waals surface area (Å²) in [6.07, 6.45) is -2.47. The first-order valence-corrected chi connectivity index (χ1v) is 9.12. The Hall–Kier alpha value is -2.82. The predicted octanol–water partition coefficient (Wildman–Crippen LogP) is 2.25. The van der Waals surface area contributed by atoms with Crippen molar-refractivity contribution in [3.05, 3.63) is 64.1 Å². The Bertz CT molecular complexity index is 1190. The summed E-state index contributed by atoms with van der Waals surface area (Å²) in [4.78, 5) is 12.5. The predicted molar refractivity (Wildman–Crippen MR) is 90.3 cm³/mol. The topological polar surface area (TPSA) is 78.9 Å². The summed E-state index contributed by atoms with van der Waals surface area (Å²) in [5, 5.41) is 4.03. The Kier molecular flexibility index (Phi) is 4.29. The van der Waals surface area contributed by atoms with Crippen molar-refractivity contribution in [3.63, 3.8) is 0 Å². The van der Waals surface area contributed by atoms with Crippen molar-refractivity contribution in [2.45, 2.75) is 24.9 Å². The van der Waals surface area contributed by atoms with Gasteiger partial charge in [-0.3, -0.25) is 9.25 Å². The van der Waals surface area contributed by atoms with Gasteiger partial charge >= 0.3 is 11.9 Å². The lowest BCUT2D eigenvalue weighted by atomic mass is 10.2. The fourth-order valence-electron chi connectivity index (χ4n) is 2.80. The number of rotatable bonds is 3. The first-order chi connectivity index (χ1) is 12.4. The zero-order valence-corrected chi connectivity index (χ0v) is 15.3. The Morgan fingerprint density at radius 2 is 1.78 bits per heavy atom. The average Bonchev–Trinajstić information content (AvgIpc) is 3.07. The minimum Gasteiger partial charge on any atom is -0.271 e. The molecule has 0 fully saturated rings. The van der Waals surface area contributed by atoms with Crippen LogP contribution in [0.1, 0.15) is 17.0 Å². The fraction of sp³-hybridized carbons (Fsp3) is 0.250. The molecule has 0 atom stereocenters. The van der Waals surface area contributed by atoms with Crippen molar-refractivity contribution < 1.29 is 21.6 Å². The number of hydrogen-bond acceptors (Lipinski definition) is 4. The van der Waals surface area contributed by atoms with Crippen molar-refractivity contribution >= 4 is 10.0 Å². The first kappa shape index (κ1) is 19.0. The summed E-state index contributed by atoms with van der Waals surface area (Å²) >= 11 is 0. The van der Waals surface area contributed by atoms with Crippen LogP contribution in [0.2, 0.25) is 0 Å². The standard InChI is InChI=1S/C16H15F3N4O3S/c1-10-14(11(2)21(3)20-10)27(25,26)23-8-7-22(15(23)24)13-6-4-5-12(9-13)16(17,18)19/h4-9H,1-3H3. The lowest BCUT2D eigenvalue weighted by Crippen LogP contribution is -2.29. The molecule has 2 heterocycles. The van der Waals surface area contributed by atoms with E-state index in [2.05, 4.69) is 5.10 Å². The largest absolute Gasteiger partial charge is 0.416 e. The van der Waals surface area contributed by atoms with Gasteiger partial charge in [-0.25, -0.2) is 13.2 Å². The second-order valence-electron chi connectivity index (χ2n) is 5.92. The third-order valence-corrected chi connectivity index (χ3v) is 6.06. The molecule has 0 radical (unpaired) electrons. The van der Waals surface area contributed by atoms with Crippen molar-refractivity contribution in [1.29, 1.82) is 0 Å². The van der Waals surface area contributed by atoms with Crippen LogP contribution in [0.4, 0.5) is 13.2 Å². The molecule has 11 heteroatoms. The number of aromatic nitrogens is 4. The number of imidazole rings is 1. The molecule has 27 heavy (non-hydrogen) atoms. The normalized spacial score (nSPS) is 12.5. The lowest BCUT2D eigenvalue weighted by molar-refractivity contribution is -0.137. The molecule has 144 valence electrons. The summed E-state index contributed by atoms with van der Waals surface area (Å²) in [7, 11) is -2.69. The van der Waals surface area contributed by atoms with Gasteiger partial charge in [-0.1, -0.05) is 6.07 Å². The van der Waals surface area contributed by atoms with E-state index in [0.717, 1.165) is 35.2 Å². The van der Waals surface area contributed by atoms with Gasteiger partial charge in [-0.15, -0.1) is 0 Å². The van der Waals surface area contributed by atoms with Crippen molar-refractivity contribution in [2.75, 3.05) is 0 Å². The average molecular weight is 400 g/mol. The third-order valence-electron chi connectivity index (χ3n) is 4.16. The molecule has 3 aromatic rings. The smallest absolute Gasteiger partial charge is 0.271 e. The van der Waals surface area contributed by atoms with Gasteiger partial charge in [-0.05, 0) is 32.0 Å². The SMILES string of the molecule is Cc1nn(C)c(C)c1S(=O)(=O)n1ccn(-c2cccc(C(F)(F)F)c2)c1=O. The van der Waals surface area contributed by atoms with Crippen molar-refractivity contribution in [2.24, 2.45) is 7.05 Å². The monoisotopic (exact) mass is 400 g/mol. The maximum absolute atomic E-state index is 12.9. The highest BCUT2D eigenvalue weighted by molar-refractivity contribution is 7.90. The van der Waals surface area contributed by atoms with E-state index < -0.39 is 27.5 Å². The van der Waals surface area contributed by atoms with Crippen LogP contribution in [0.15, 0.2) is 46.3 Å². The molecule has 0 N–H and O–H groups in total. The van der Waals surface area contributed by atoms with Crippen LogP contribution in [0.3, 0.4) is 0 Å². The molecular weight excluding hydrogens is 385 g/mol. The highest BCUT2D eigenvalue weighted by Crippen LogP contribution is 2.30. The second kappa shape index (κ2) is 6.12. The van der Waals surface area contributed by atoms with E-state index in [4.69, 9.17) is 0 Å². The number of halogens is 3. The molecular formula is C16H15F3N4O3S. The summed E-state index contributed by atoms with van der Waals surface area (Å²) in [6.45, 7) is 3.04. The molecule has 0 saturated heterocycles. The fourth-order valence-corrected chi connectivity index (χ4v) is 4.42. The molecule has 0 aliphatic carbocycles. The molecule has 0 aliphatic rings. The molecule has 0 amide bonds. The number of alkyl halides is 3. The van der Waals surface area contributed by atoms with E-state index in [-0.39, 0.29) is 16.3 Å². The molecule has 3 rings (SSSR count). The van der Waals surface area contributed by atoms with Gasteiger partial charge in [0.2, 0.25) is 0 Å². The molecule has 0 saturated carbocycles. The number of aryl methyl sites for hydroxylation is 2. The van der Waals surface area contributed by atoms with Crippen molar-refractivity contribution in [3.8, 4) is 5.69 Å². The van der Waals surface area contributed by atoms with E-state index in [9.17, 15) is 26.4 Å². The lowest BCUT2D eigenvalue weighted by Gasteiger charge is -2.09. The van der Waals surface area contributed by atoms with E-state index >= 15 is 0 Å². The van der Waals surface area contributed by atoms with Gasteiger partial charge in [0, 0.05) is 19.4 Å². The third kappa shape index (κ3) is 3.07. The van der Waals surface area contributed by atoms with E-state index in [0.29, 0.717) is 9.67 Å². The van der Waals surface area contributed by atoms with Gasteiger partial charge in [0.15, 0.2) is 0 Å². The molecule has 1 aromatic carbocycles. The number of hydrogen-bond donors (Lipinski definition) is 0. The quantitative estimate of drug-likeness (QED) is 0.676. The molecule has 2 aromatic heterocycles. The van der Waals surface area contributed by atoms with Crippen LogP contribution in [0, 0.1) is 13.8 Å². The summed E-state index contributed by atoms with van der Waals surface area (Å²) in [5.74, 6) is 0. The minimum atomic E-state index is -4.59. The number of nitrogens with zero attached hydrogens (tertiary/aromatic N) is 4. The van der Waals surface area contributed by atoms with Gasteiger partial charge < -0.3 is 0 Å². The van der Waals surface area contributed by atoms with Crippen LogP contribution in [0.5, 0.6) is 0 Å². The van der Waals surface area contributed by atoms with Gasteiger partial charge in [0.25, 0.3) is 10.0 Å². The Morgan fingerprint density at radius 3 is 2.33 bits per heavy atom. The molecule has 0 bridgehead atoms. The first-order valence-electron chi connectivity index (χ1n) is 7.68. The second-order valence-corrected chi connectivity index (χ2v) is 7.67. The Morgan fingerprint density at radius 1 is 1.11 bits per heavy atom. The summed E-state index contributed by atoms with van der Waals surface area (Å²) in [6, 6.07) is 4.07. The maximum Gasteiger partial charge on any atom is 0.416 e. The van der Waals surface area contributed by atoms with Crippen LogP contribution in [-0.2, 0) is 23.2 Å². The highest BCUT2D eigenvalue weighted by atomic mass is 32.2. The Balaban J connectivity index is 2.16. The van der Waals surface area contributed by atoms with E-state index in [1.807, 2.05) is 0 Å². The van der Waals surface area contributed by atoms with Gasteiger partial charge in [0.1, 0.15) is 4.90 Å². The zero-order chi connectivity index (χ0) is 20.1. The van der Waals surface area contributed by atoms with E-state index in [1.54, 1.807) is 14.0 Å². The summed E-state index contributed by atoms with van der Waals surface area (Å²) in [5.41, 5.74) is -1.48. The minimum absolute atomic E-state index is 0.0941. The van der Waals surface area contributed by atoms with Crippen LogP contribution >= 0.6 is 0 Å². The highest BCUT2D eigenvalue weighted by Gasteiger charge is 2.31. The van der Waals surface area contributed by atoms with Crippen LogP contribution < -0.4 is 5.69 Å². The zero-order valence-electron chi connectivity index (χ0n) is 14.5. The van der Waals surface area contributed by atoms with Gasteiger partial charge in [0.05, 0.1) is 22.6 Å². The molecule has 0 aliphatic heterocycles.